The van der Waals surface area contributed by atoms with Crippen LogP contribution in [0.4, 0.5) is 0 Å². The largest absolute Gasteiger partial charge is 0.480 e. The van der Waals surface area contributed by atoms with Gasteiger partial charge in [0.1, 0.15) is 66.5 Å². The van der Waals surface area contributed by atoms with Crippen LogP contribution in [0.25, 0.3) is 10.9 Å². The van der Waals surface area contributed by atoms with E-state index in [1.165, 1.54) is 25.7 Å². The average Bonchev–Trinajstić information content (AvgIpc) is 1.65. The standard InChI is InChI=1S/C76H116N14O20/c1-43(2)36-53(68(100)83-55(40-61(78)95)70(102)86-56(75(107)108)38-48-26-19-18-20-27-48)84-74(106)65(47(7)93)89-71(103)58(42-91)81-62(96)31-21-16-14-12-10-8-9-11-13-15-17-22-32-63(97)90-35-25-30-59(90)72(104)82-52(33-34-60(77)94)67(99)80-45(5)66(98)88-64(46(6)92)73(105)85-54(37-44(3)4)69(101)87-57(76(109)110)39-49-41-79-51-29-24-23-28-50(49)51/h18-20,23-24,26-29,41,43-47,52-59,64-65,79,91-93H,8-17,21-22,25,30-40,42H2,1-7H3,(H2,77,94)(H2,78,95)(H,80,99)(H,81,96)(H,82,104)(H,83,100)(H,84,106)(H,85,105)(H,86,102)(H,87,101)(H,88,98)(H,89,103)(H,107,108)(H,109,110)/t45-,46+,47-,52-,53-,54-,55-,56-,57-,58-,59-,64-,65-/m0/s1. The Morgan fingerprint density at radius 2 is 0.927 bits per heavy atom. The van der Waals surface area contributed by atoms with Gasteiger partial charge < -0.3 is 100 Å². The minimum absolute atomic E-state index is 0.0330. The number of carboxylic acids is 2. The van der Waals surface area contributed by atoms with Gasteiger partial charge in [-0.3, -0.25) is 62.3 Å². The molecule has 1 aliphatic rings. The molecule has 1 aliphatic heterocycles. The Kier molecular flexibility index (Phi) is 40.1. The van der Waals surface area contributed by atoms with Crippen molar-refractivity contribution in [2.75, 3.05) is 13.2 Å². The van der Waals surface area contributed by atoms with Gasteiger partial charge in [0.15, 0.2) is 0 Å². The van der Waals surface area contributed by atoms with E-state index < -0.39 is 175 Å². The molecule has 20 N–H and O–H groups in total. The highest BCUT2D eigenvalue weighted by molar-refractivity contribution is 5.99. The number of rotatable bonds is 52. The molecule has 0 spiro atoms. The Balaban J connectivity index is 1.14. The lowest BCUT2D eigenvalue weighted by Crippen LogP contribution is -2.61. The third kappa shape index (κ3) is 32.6. The molecule has 0 saturated carbocycles. The van der Waals surface area contributed by atoms with Gasteiger partial charge in [0.25, 0.3) is 0 Å². The summed E-state index contributed by atoms with van der Waals surface area (Å²) in [6.07, 6.45) is 8.21. The van der Waals surface area contributed by atoms with Crippen molar-refractivity contribution in [1.29, 1.82) is 0 Å². The number of nitrogens with one attached hydrogen (secondary N) is 11. The summed E-state index contributed by atoms with van der Waals surface area (Å²) in [7, 11) is 0. The molecular weight excluding hydrogens is 1430 g/mol. The number of aliphatic carboxylic acids is 2. The number of primary amides is 2. The third-order valence-electron chi connectivity index (χ3n) is 18.8. The Labute approximate surface area is 640 Å². The molecule has 4 rings (SSSR count). The second-order valence-corrected chi connectivity index (χ2v) is 29.2. The maximum Gasteiger partial charge on any atom is 0.326 e. The number of H-pyrrole nitrogens is 1. The highest BCUT2D eigenvalue weighted by atomic mass is 16.4. The van der Waals surface area contributed by atoms with Crippen LogP contribution in [0.1, 0.15) is 194 Å². The summed E-state index contributed by atoms with van der Waals surface area (Å²) < 4.78 is 0. The minimum Gasteiger partial charge on any atom is -0.480 e. The number of nitrogens with two attached hydrogens (primary N) is 2. The van der Waals surface area contributed by atoms with E-state index in [0.29, 0.717) is 49.8 Å². The number of amides is 13. The van der Waals surface area contributed by atoms with Crippen LogP contribution in [-0.4, -0.2) is 216 Å². The Morgan fingerprint density at radius 1 is 0.473 bits per heavy atom. The quantitative estimate of drug-likeness (QED) is 0.0341. The number of hydrogen-bond acceptors (Lipinski definition) is 18. The zero-order valence-corrected chi connectivity index (χ0v) is 64.1. The first-order chi connectivity index (χ1) is 52.1. The first-order valence-corrected chi connectivity index (χ1v) is 38.0. The topological polar surface area (TPSA) is 549 Å². The number of likely N-dealkylation sites (tertiary alicyclic amines) is 1. The van der Waals surface area contributed by atoms with Gasteiger partial charge in [0, 0.05) is 55.7 Å². The second kappa shape index (κ2) is 47.8. The van der Waals surface area contributed by atoms with Crippen molar-refractivity contribution in [3.8, 4) is 0 Å². The minimum atomic E-state index is -1.70. The second-order valence-electron chi connectivity index (χ2n) is 29.2. The number of benzene rings is 2. The fourth-order valence-electron chi connectivity index (χ4n) is 12.7. The molecule has 0 bridgehead atoms. The van der Waals surface area contributed by atoms with Crippen molar-refractivity contribution >= 4 is 99.6 Å². The number of para-hydroxylation sites is 1. The Morgan fingerprint density at radius 3 is 1.43 bits per heavy atom. The molecule has 2 aromatic carbocycles. The van der Waals surface area contributed by atoms with E-state index in [-0.39, 0.29) is 69.1 Å². The lowest BCUT2D eigenvalue weighted by atomic mass is 10.0. The molecule has 13 atom stereocenters. The summed E-state index contributed by atoms with van der Waals surface area (Å²) in [5.74, 6) is -14.0. The molecule has 110 heavy (non-hydrogen) atoms. The Bertz CT molecular complexity index is 3570. The van der Waals surface area contributed by atoms with Crippen molar-refractivity contribution in [1.82, 2.24) is 63.1 Å². The van der Waals surface area contributed by atoms with E-state index in [4.69, 9.17) is 11.5 Å². The van der Waals surface area contributed by atoms with Gasteiger partial charge in [0.2, 0.25) is 76.8 Å². The number of unbranched alkanes of at least 4 members (excludes halogenated alkanes) is 11. The van der Waals surface area contributed by atoms with Crippen LogP contribution < -0.4 is 64.6 Å². The van der Waals surface area contributed by atoms with E-state index in [1.54, 1.807) is 70.3 Å². The van der Waals surface area contributed by atoms with Crippen molar-refractivity contribution < 1.29 is 97.5 Å². The number of aliphatic hydroxyl groups excluding tert-OH is 3. The van der Waals surface area contributed by atoms with Gasteiger partial charge in [-0.25, -0.2) is 9.59 Å². The zero-order chi connectivity index (χ0) is 81.7. The lowest BCUT2D eigenvalue weighted by Gasteiger charge is -2.28. The molecule has 13 amide bonds. The van der Waals surface area contributed by atoms with E-state index >= 15 is 0 Å². The molecule has 1 fully saturated rings. The summed E-state index contributed by atoms with van der Waals surface area (Å²) in [6.45, 7) is 10.1. The molecular formula is C76H116N14O20. The van der Waals surface area contributed by atoms with Crippen molar-refractivity contribution in [3.05, 3.63) is 71.9 Å². The predicted molar refractivity (Wildman–Crippen MR) is 403 cm³/mol. The molecule has 0 radical (unpaired) electrons. The highest BCUT2D eigenvalue weighted by Crippen LogP contribution is 2.23. The molecule has 1 saturated heterocycles. The van der Waals surface area contributed by atoms with Gasteiger partial charge >= 0.3 is 11.9 Å². The molecule has 34 nitrogen and oxygen atoms in total. The normalized spacial score (nSPS) is 16.0. The summed E-state index contributed by atoms with van der Waals surface area (Å²) in [6, 6.07) is -0.145. The molecule has 1 aromatic heterocycles. The Hall–Kier alpha value is -10.1. The number of nitrogens with zero attached hydrogens (tertiary/aromatic N) is 1. The van der Waals surface area contributed by atoms with Crippen molar-refractivity contribution in [2.45, 2.75) is 275 Å². The number of carboxylic acid groups (broad SMARTS) is 2. The monoisotopic (exact) mass is 1540 g/mol. The van der Waals surface area contributed by atoms with E-state index in [2.05, 4.69) is 58.2 Å². The number of aromatic amines is 1. The van der Waals surface area contributed by atoms with E-state index in [0.717, 1.165) is 68.7 Å². The molecule has 2 heterocycles. The smallest absolute Gasteiger partial charge is 0.326 e. The van der Waals surface area contributed by atoms with Crippen LogP contribution in [0.2, 0.25) is 0 Å². The van der Waals surface area contributed by atoms with E-state index in [1.807, 2.05) is 18.2 Å². The summed E-state index contributed by atoms with van der Waals surface area (Å²) >= 11 is 0. The number of aromatic nitrogens is 1. The van der Waals surface area contributed by atoms with Crippen LogP contribution in [0.3, 0.4) is 0 Å². The highest BCUT2D eigenvalue weighted by Gasteiger charge is 2.39. The van der Waals surface area contributed by atoms with Gasteiger partial charge in [-0.2, -0.15) is 0 Å². The molecule has 0 unspecified atom stereocenters. The number of carbonyl (C=O) groups excluding carboxylic acids is 13. The summed E-state index contributed by atoms with van der Waals surface area (Å²) in [5.41, 5.74) is 12.8. The zero-order valence-electron chi connectivity index (χ0n) is 64.1. The number of hydrogen-bond donors (Lipinski definition) is 18. The van der Waals surface area contributed by atoms with Crippen molar-refractivity contribution in [3.63, 3.8) is 0 Å². The maximum atomic E-state index is 13.8. The van der Waals surface area contributed by atoms with Crippen LogP contribution >= 0.6 is 0 Å². The summed E-state index contributed by atoms with van der Waals surface area (Å²) in [4.78, 5) is 202. The van der Waals surface area contributed by atoms with Gasteiger partial charge in [-0.1, -0.05) is 140 Å². The average molecular weight is 1550 g/mol. The summed E-state index contributed by atoms with van der Waals surface area (Å²) in [5, 5.41) is 76.6. The van der Waals surface area contributed by atoms with Crippen LogP contribution in [-0.2, 0) is 84.8 Å². The molecule has 0 aliphatic carbocycles. The maximum absolute atomic E-state index is 13.8. The third-order valence-corrected chi connectivity index (χ3v) is 18.8. The molecule has 34 heteroatoms. The predicted octanol–water partition coefficient (Wildman–Crippen LogP) is 0.430. The van der Waals surface area contributed by atoms with Crippen LogP contribution in [0, 0.1) is 11.8 Å². The van der Waals surface area contributed by atoms with Gasteiger partial charge in [-0.15, -0.1) is 0 Å². The first kappa shape index (κ1) is 92.3. The fraction of sp³-hybridized carbons (Fsp3) is 0.618. The SMILES string of the molecule is CC(C)C[C@H](NC(=O)[C@@H](NC(=O)[C@H](CO)NC(=O)CCCCCCCCCCCCCCC(=O)N1CCC[C@H]1C(=O)N[C@@H](CCC(N)=O)C(=O)N[C@@H](C)C(=O)N[C@H](C(=O)N[C@@H](CC(C)C)C(=O)N[C@@H](Cc1c[nH]c2ccccc12)C(=O)O)[C@@H](C)O)[C@H](C)O)C(=O)N[C@@H](CC(N)=O)C(=O)N[C@@H](Cc1ccccc1)C(=O)O. The van der Waals surface area contributed by atoms with E-state index in [9.17, 15) is 97.5 Å². The molecule has 610 valence electrons. The molecule has 3 aromatic rings. The number of fused-ring (bicyclic) bond motifs is 1. The van der Waals surface area contributed by atoms with Gasteiger partial charge in [0.05, 0.1) is 25.2 Å². The first-order valence-electron chi connectivity index (χ1n) is 38.0. The van der Waals surface area contributed by atoms with Crippen LogP contribution in [0.5, 0.6) is 0 Å². The fourth-order valence-corrected chi connectivity index (χ4v) is 12.7. The van der Waals surface area contributed by atoms with Gasteiger partial charge in [-0.05, 0) is 94.7 Å². The number of carbonyl (C=O) groups is 15. The van der Waals surface area contributed by atoms with Crippen molar-refractivity contribution in [2.24, 2.45) is 23.3 Å². The number of aliphatic hydroxyl groups is 3. The lowest BCUT2D eigenvalue weighted by molar-refractivity contribution is -0.143. The van der Waals surface area contributed by atoms with Crippen LogP contribution in [0.15, 0.2) is 60.8 Å².